The molecule has 1 aliphatic carbocycles. The minimum Gasteiger partial charge on any atom is -0.471 e. The molecule has 1 amide bonds. The molecule has 1 aliphatic heterocycles. The van der Waals surface area contributed by atoms with E-state index in [1.807, 2.05) is 36.4 Å². The van der Waals surface area contributed by atoms with E-state index in [2.05, 4.69) is 5.32 Å². The highest BCUT2D eigenvalue weighted by atomic mass is 16.7. The number of carbonyl (C=O) groups is 1. The molecule has 29 heavy (non-hydrogen) atoms. The van der Waals surface area contributed by atoms with Gasteiger partial charge in [0.15, 0.2) is 0 Å². The van der Waals surface area contributed by atoms with Crippen molar-refractivity contribution in [2.45, 2.75) is 12.7 Å². The number of rotatable bonds is 6. The van der Waals surface area contributed by atoms with E-state index in [0.717, 1.165) is 11.3 Å². The van der Waals surface area contributed by atoms with Crippen molar-refractivity contribution < 1.29 is 24.1 Å². The van der Waals surface area contributed by atoms with Crippen molar-refractivity contribution in [1.82, 2.24) is 0 Å². The Morgan fingerprint density at radius 2 is 1.86 bits per heavy atom. The highest BCUT2D eigenvalue weighted by Gasteiger charge is 2.43. The Bertz CT molecular complexity index is 920. The average Bonchev–Trinajstić information content (AvgIpc) is 3.19. The van der Waals surface area contributed by atoms with Gasteiger partial charge in [-0.05, 0) is 48.4 Å². The number of para-hydroxylation sites is 1. The van der Waals surface area contributed by atoms with E-state index in [-0.39, 0.29) is 24.3 Å². The van der Waals surface area contributed by atoms with Crippen molar-refractivity contribution in [2.75, 3.05) is 19.0 Å². The monoisotopic (exact) mass is 393 g/mol. The van der Waals surface area contributed by atoms with Gasteiger partial charge in [-0.3, -0.25) is 4.79 Å². The number of methoxy groups -OCH3 is 1. The molecule has 1 heterocycles. The van der Waals surface area contributed by atoms with Crippen LogP contribution in [0.5, 0.6) is 11.5 Å². The maximum absolute atomic E-state index is 12.9. The van der Waals surface area contributed by atoms with Crippen LogP contribution in [0.1, 0.15) is 6.42 Å². The molecule has 3 atom stereocenters. The Labute approximate surface area is 169 Å². The Balaban J connectivity index is 1.43. The maximum Gasteiger partial charge on any atom is 0.255 e. The molecule has 0 spiro atoms. The largest absolute Gasteiger partial charge is 0.471 e. The lowest BCUT2D eigenvalue weighted by Crippen LogP contribution is -2.37. The van der Waals surface area contributed by atoms with E-state index in [0.29, 0.717) is 23.4 Å². The summed E-state index contributed by atoms with van der Waals surface area (Å²) in [5, 5.41) is 12.5. The summed E-state index contributed by atoms with van der Waals surface area (Å²) in [4.78, 5) is 12.9. The quantitative estimate of drug-likeness (QED) is 0.729. The Kier molecular flexibility index (Phi) is 5.64. The molecule has 2 N–H and O–H groups in total. The summed E-state index contributed by atoms with van der Waals surface area (Å²) in [5.74, 6) is 0.985. The molecule has 6 nitrogen and oxygen atoms in total. The number of aliphatic hydroxyl groups excluding tert-OH is 1. The van der Waals surface area contributed by atoms with E-state index in [9.17, 15) is 9.90 Å². The Morgan fingerprint density at radius 3 is 2.55 bits per heavy atom. The van der Waals surface area contributed by atoms with Crippen LogP contribution < -0.4 is 10.1 Å². The Hall–Kier alpha value is -3.09. The van der Waals surface area contributed by atoms with Crippen molar-refractivity contribution in [2.24, 2.45) is 11.8 Å². The fourth-order valence-electron chi connectivity index (χ4n) is 3.84. The molecular formula is C23H23NO5. The van der Waals surface area contributed by atoms with Crippen LogP contribution in [0.15, 0.2) is 78.1 Å². The number of hydrogen-bond acceptors (Lipinski definition) is 5. The molecule has 0 saturated carbocycles. The second-order valence-corrected chi connectivity index (χ2v) is 7.01. The van der Waals surface area contributed by atoms with Crippen molar-refractivity contribution in [3.8, 4) is 11.5 Å². The molecule has 2 aromatic carbocycles. The number of hydrogen-bond donors (Lipinski definition) is 2. The molecule has 2 aromatic rings. The van der Waals surface area contributed by atoms with Gasteiger partial charge in [-0.15, -0.1) is 0 Å². The fourth-order valence-corrected chi connectivity index (χ4v) is 3.84. The Morgan fingerprint density at radius 1 is 1.14 bits per heavy atom. The second kappa shape index (κ2) is 8.51. The summed E-state index contributed by atoms with van der Waals surface area (Å²) in [6.45, 7) is -0.0673. The molecule has 150 valence electrons. The van der Waals surface area contributed by atoms with Crippen LogP contribution in [0.4, 0.5) is 5.69 Å². The van der Waals surface area contributed by atoms with E-state index < -0.39 is 6.29 Å². The van der Waals surface area contributed by atoms with Gasteiger partial charge in [0.25, 0.3) is 5.91 Å². The number of nitrogens with one attached hydrogen (secondary N) is 1. The summed E-state index contributed by atoms with van der Waals surface area (Å²) < 4.78 is 16.8. The lowest BCUT2D eigenvalue weighted by atomic mass is 9.83. The van der Waals surface area contributed by atoms with Crippen LogP contribution in [0.2, 0.25) is 0 Å². The van der Waals surface area contributed by atoms with Gasteiger partial charge in [-0.1, -0.05) is 24.3 Å². The highest BCUT2D eigenvalue weighted by Crippen LogP contribution is 2.43. The molecule has 2 aliphatic rings. The number of benzene rings is 2. The van der Waals surface area contributed by atoms with Crippen LogP contribution in [0, 0.1) is 11.8 Å². The van der Waals surface area contributed by atoms with Gasteiger partial charge in [-0.25, -0.2) is 0 Å². The third-order valence-electron chi connectivity index (χ3n) is 5.29. The number of fused-ring (bicyclic) bond motifs is 1. The number of allylic oxidation sites excluding steroid dienone is 1. The standard InChI is InChI=1S/C23H23NO5/c1-27-23-21-15(13-25)7-12-19(21)20(14-28-23)22(26)24-16-8-10-18(11-9-16)29-17-5-3-2-4-6-17/h2-11,14,19,21,23,25H,12-13H2,1H3,(H,24,26). The van der Waals surface area contributed by atoms with Crippen LogP contribution in [0.3, 0.4) is 0 Å². The zero-order chi connectivity index (χ0) is 20.2. The van der Waals surface area contributed by atoms with Crippen molar-refractivity contribution in [3.05, 3.63) is 78.1 Å². The SMILES string of the molecule is COC1OC=C(C(=O)Nc2ccc(Oc3ccccc3)cc2)C2CC=C(CO)C12. The number of anilines is 1. The van der Waals surface area contributed by atoms with Gasteiger partial charge in [-0.2, -0.15) is 0 Å². The van der Waals surface area contributed by atoms with Gasteiger partial charge in [0, 0.05) is 18.7 Å². The smallest absolute Gasteiger partial charge is 0.255 e. The molecule has 0 fully saturated rings. The first kappa shape index (κ1) is 19.2. The number of aliphatic hydroxyl groups is 1. The molecule has 6 heteroatoms. The normalized spacial score (nSPS) is 22.8. The lowest BCUT2D eigenvalue weighted by Gasteiger charge is -2.34. The molecule has 3 unspecified atom stereocenters. The summed E-state index contributed by atoms with van der Waals surface area (Å²) in [7, 11) is 1.56. The predicted molar refractivity (Wildman–Crippen MR) is 108 cm³/mol. The third-order valence-corrected chi connectivity index (χ3v) is 5.29. The minimum absolute atomic E-state index is 0.0673. The number of ether oxygens (including phenoxy) is 3. The van der Waals surface area contributed by atoms with Gasteiger partial charge in [0.05, 0.1) is 24.4 Å². The van der Waals surface area contributed by atoms with Gasteiger partial charge in [0.2, 0.25) is 6.29 Å². The predicted octanol–water partition coefficient (Wildman–Crippen LogP) is 3.86. The number of amides is 1. The molecule has 0 radical (unpaired) electrons. The first-order valence-corrected chi connectivity index (χ1v) is 9.52. The highest BCUT2D eigenvalue weighted by molar-refractivity contribution is 6.04. The van der Waals surface area contributed by atoms with Crippen LogP contribution in [0.25, 0.3) is 0 Å². The van der Waals surface area contributed by atoms with Gasteiger partial charge >= 0.3 is 0 Å². The van der Waals surface area contributed by atoms with E-state index >= 15 is 0 Å². The first-order chi connectivity index (χ1) is 14.2. The van der Waals surface area contributed by atoms with Crippen LogP contribution in [-0.2, 0) is 14.3 Å². The molecular weight excluding hydrogens is 370 g/mol. The van der Waals surface area contributed by atoms with Crippen LogP contribution >= 0.6 is 0 Å². The maximum atomic E-state index is 12.9. The molecule has 0 bridgehead atoms. The zero-order valence-corrected chi connectivity index (χ0v) is 16.1. The number of carbonyl (C=O) groups excluding carboxylic acids is 1. The summed E-state index contributed by atoms with van der Waals surface area (Å²) in [6, 6.07) is 16.7. The summed E-state index contributed by atoms with van der Waals surface area (Å²) >= 11 is 0. The molecule has 4 rings (SSSR count). The molecule has 0 saturated heterocycles. The van der Waals surface area contributed by atoms with E-state index in [1.165, 1.54) is 6.26 Å². The van der Waals surface area contributed by atoms with Gasteiger partial charge in [0.1, 0.15) is 11.5 Å². The van der Waals surface area contributed by atoms with E-state index in [1.54, 1.807) is 31.4 Å². The average molecular weight is 393 g/mol. The van der Waals surface area contributed by atoms with Crippen molar-refractivity contribution >= 4 is 11.6 Å². The fraction of sp³-hybridized carbons (Fsp3) is 0.261. The van der Waals surface area contributed by atoms with Crippen LogP contribution in [-0.4, -0.2) is 31.0 Å². The molecule has 0 aromatic heterocycles. The summed E-state index contributed by atoms with van der Waals surface area (Å²) in [6.07, 6.45) is 3.62. The van der Waals surface area contributed by atoms with Crippen molar-refractivity contribution in [1.29, 1.82) is 0 Å². The van der Waals surface area contributed by atoms with E-state index in [4.69, 9.17) is 14.2 Å². The zero-order valence-electron chi connectivity index (χ0n) is 16.1. The summed E-state index contributed by atoms with van der Waals surface area (Å²) in [5.41, 5.74) is 2.06. The lowest BCUT2D eigenvalue weighted by molar-refractivity contribution is -0.134. The minimum atomic E-state index is -0.494. The second-order valence-electron chi connectivity index (χ2n) is 7.01. The third kappa shape index (κ3) is 4.04. The first-order valence-electron chi connectivity index (χ1n) is 9.52. The van der Waals surface area contributed by atoms with Gasteiger partial charge < -0.3 is 24.6 Å². The topological polar surface area (TPSA) is 77.0 Å². The van der Waals surface area contributed by atoms with Crippen molar-refractivity contribution in [3.63, 3.8) is 0 Å².